The van der Waals surface area contributed by atoms with Gasteiger partial charge >= 0.3 is 0 Å². The van der Waals surface area contributed by atoms with Crippen LogP contribution in [0.4, 0.5) is 4.39 Å². The summed E-state index contributed by atoms with van der Waals surface area (Å²) >= 11 is 3.39. The van der Waals surface area contributed by atoms with Crippen molar-refractivity contribution in [3.8, 4) is 0 Å². The Kier molecular flexibility index (Phi) is 5.59. The van der Waals surface area contributed by atoms with Gasteiger partial charge in [-0.2, -0.15) is 0 Å². The van der Waals surface area contributed by atoms with Crippen LogP contribution in [0.2, 0.25) is 0 Å². The minimum absolute atomic E-state index is 0.0758. The molecule has 0 aliphatic carbocycles. The second kappa shape index (κ2) is 8.31. The first kappa shape index (κ1) is 20.2. The predicted molar refractivity (Wildman–Crippen MR) is 112 cm³/mol. The lowest BCUT2D eigenvalue weighted by molar-refractivity contribution is -0.143. The molecule has 0 N–H and O–H groups in total. The number of hydrogen-bond donors (Lipinski definition) is 0. The summed E-state index contributed by atoms with van der Waals surface area (Å²) in [5, 5.41) is 0. The number of nitrogens with zero attached hydrogens (tertiary/aromatic N) is 3. The Morgan fingerprint density at radius 3 is 2.37 bits per heavy atom. The highest BCUT2D eigenvalue weighted by Crippen LogP contribution is 2.25. The lowest BCUT2D eigenvalue weighted by atomic mass is 10.1. The van der Waals surface area contributed by atoms with Crippen molar-refractivity contribution in [3.05, 3.63) is 87.8 Å². The molecule has 4 rings (SSSR count). The Bertz CT molecular complexity index is 1120. The number of amides is 1. The van der Waals surface area contributed by atoms with Crippen LogP contribution in [0.1, 0.15) is 28.8 Å². The van der Waals surface area contributed by atoms with Crippen LogP contribution in [-0.2, 0) is 22.4 Å². The third-order valence-corrected chi connectivity index (χ3v) is 5.33. The first-order valence-corrected chi connectivity index (χ1v) is 10.0. The number of halogens is 2. The lowest BCUT2D eigenvalue weighted by Crippen LogP contribution is -2.45. The largest absolute Gasteiger partial charge is 0.442 e. The summed E-state index contributed by atoms with van der Waals surface area (Å²) in [5.74, 6) is -0.620. The van der Waals surface area contributed by atoms with E-state index < -0.39 is 17.7 Å². The Balaban J connectivity index is 1.58. The van der Waals surface area contributed by atoms with Gasteiger partial charge < -0.3 is 4.42 Å². The van der Waals surface area contributed by atoms with Gasteiger partial charge in [0.15, 0.2) is 6.04 Å². The molecule has 1 aliphatic rings. The monoisotopic (exact) mass is 469 g/mol. The Morgan fingerprint density at radius 2 is 1.67 bits per heavy atom. The average molecular weight is 470 g/mol. The average Bonchev–Trinajstić information content (AvgIpc) is 3.20. The second-order valence-electron chi connectivity index (χ2n) is 6.95. The van der Waals surface area contributed by atoms with Gasteiger partial charge in [0.2, 0.25) is 5.89 Å². The Labute approximate surface area is 180 Å². The molecule has 0 saturated carbocycles. The summed E-state index contributed by atoms with van der Waals surface area (Å²) in [7, 11) is 1.53. The van der Waals surface area contributed by atoms with Crippen molar-refractivity contribution in [3.63, 3.8) is 0 Å². The number of benzene rings is 2. The van der Waals surface area contributed by atoms with Gasteiger partial charge in [0, 0.05) is 24.4 Å². The zero-order chi connectivity index (χ0) is 21.3. The number of aromatic nitrogens is 1. The zero-order valence-corrected chi connectivity index (χ0v) is 17.6. The molecule has 6 nitrogen and oxygen atoms in total. The third-order valence-electron chi connectivity index (χ3n) is 4.80. The van der Waals surface area contributed by atoms with Crippen molar-refractivity contribution in [2.24, 2.45) is 4.99 Å². The number of likely N-dealkylation sites (N-methyl/N-ethyl adjacent to an activating group) is 1. The van der Waals surface area contributed by atoms with Crippen molar-refractivity contribution in [1.29, 1.82) is 0 Å². The summed E-state index contributed by atoms with van der Waals surface area (Å²) in [6, 6.07) is 12.6. The summed E-state index contributed by atoms with van der Waals surface area (Å²) in [6.45, 7) is 0. The van der Waals surface area contributed by atoms with Gasteiger partial charge in [-0.15, -0.1) is 0 Å². The molecular formula is C22H17BrFN3O3. The molecule has 0 spiro atoms. The molecule has 0 bridgehead atoms. The van der Waals surface area contributed by atoms with Crippen molar-refractivity contribution in [1.82, 2.24) is 9.88 Å². The molecule has 1 amide bonds. The quantitative estimate of drug-likeness (QED) is 0.531. The molecule has 3 aromatic rings. The Morgan fingerprint density at radius 1 is 1.03 bits per heavy atom. The van der Waals surface area contributed by atoms with Crippen molar-refractivity contribution < 1.29 is 18.4 Å². The highest BCUT2D eigenvalue weighted by atomic mass is 79.9. The van der Waals surface area contributed by atoms with E-state index in [0.29, 0.717) is 24.4 Å². The van der Waals surface area contributed by atoms with Crippen LogP contribution in [0, 0.1) is 5.82 Å². The summed E-state index contributed by atoms with van der Waals surface area (Å²) in [4.78, 5) is 34.9. The molecule has 8 heteroatoms. The molecule has 2 aromatic carbocycles. The van der Waals surface area contributed by atoms with Crippen LogP contribution in [0.3, 0.4) is 0 Å². The number of amidine groups is 1. The number of carbonyl (C=O) groups excluding carboxylic acids is 2. The lowest BCUT2D eigenvalue weighted by Gasteiger charge is -2.25. The zero-order valence-electron chi connectivity index (χ0n) is 16.0. The molecule has 1 atom stereocenters. The predicted octanol–water partition coefficient (Wildman–Crippen LogP) is 3.89. The normalized spacial score (nSPS) is 16.7. The van der Waals surface area contributed by atoms with Crippen LogP contribution in [0.25, 0.3) is 0 Å². The minimum atomic E-state index is -1.11. The van der Waals surface area contributed by atoms with Crippen LogP contribution in [0.15, 0.2) is 68.6 Å². The number of rotatable bonds is 5. The van der Waals surface area contributed by atoms with E-state index in [0.717, 1.165) is 15.6 Å². The first-order chi connectivity index (χ1) is 14.4. The van der Waals surface area contributed by atoms with E-state index in [1.165, 1.54) is 30.3 Å². The van der Waals surface area contributed by atoms with E-state index >= 15 is 0 Å². The molecular weight excluding hydrogens is 453 g/mol. The molecule has 0 fully saturated rings. The molecule has 2 heterocycles. The fraction of sp³-hybridized carbons (Fsp3) is 0.182. The standard InChI is InChI=1S/C22H17BrFN3O3/c1-27-18(11-14-2-6-15(23)7-3-14)26-19(20(28)22(27)29)21-25-12-17(30-21)10-13-4-8-16(24)9-5-13/h2-9,12,19H,10-11H2,1H3. The van der Waals surface area contributed by atoms with E-state index in [9.17, 15) is 14.0 Å². The second-order valence-corrected chi connectivity index (χ2v) is 7.86. The molecule has 152 valence electrons. The van der Waals surface area contributed by atoms with E-state index in [1.54, 1.807) is 12.1 Å². The van der Waals surface area contributed by atoms with Gasteiger partial charge in [0.25, 0.3) is 11.7 Å². The third kappa shape index (κ3) is 4.23. The number of hydrogen-bond acceptors (Lipinski definition) is 5. The van der Waals surface area contributed by atoms with E-state index in [1.807, 2.05) is 24.3 Å². The van der Waals surface area contributed by atoms with Gasteiger partial charge in [-0.25, -0.2) is 14.4 Å². The van der Waals surface area contributed by atoms with Crippen LogP contribution < -0.4 is 0 Å². The van der Waals surface area contributed by atoms with E-state index in [2.05, 4.69) is 25.9 Å². The maximum Gasteiger partial charge on any atom is 0.297 e. The first-order valence-electron chi connectivity index (χ1n) is 9.23. The number of ketones is 1. The van der Waals surface area contributed by atoms with Gasteiger partial charge in [0.05, 0.1) is 6.20 Å². The van der Waals surface area contributed by atoms with E-state index in [-0.39, 0.29) is 11.7 Å². The molecule has 1 aliphatic heterocycles. The highest BCUT2D eigenvalue weighted by molar-refractivity contribution is 9.10. The topological polar surface area (TPSA) is 75.8 Å². The van der Waals surface area contributed by atoms with Gasteiger partial charge in [-0.1, -0.05) is 40.2 Å². The molecule has 30 heavy (non-hydrogen) atoms. The number of carbonyl (C=O) groups is 2. The number of Topliss-reactive ketones (excluding diaryl/α,β-unsaturated/α-hetero) is 1. The number of aliphatic imine (C=N–C) groups is 1. The van der Waals surface area contributed by atoms with Crippen LogP contribution in [-0.4, -0.2) is 34.5 Å². The van der Waals surface area contributed by atoms with E-state index in [4.69, 9.17) is 4.42 Å². The molecule has 1 aromatic heterocycles. The number of oxazole rings is 1. The Hall–Kier alpha value is -3.13. The molecule has 0 radical (unpaired) electrons. The molecule has 1 unspecified atom stereocenters. The van der Waals surface area contributed by atoms with Crippen molar-refractivity contribution in [2.45, 2.75) is 18.9 Å². The maximum absolute atomic E-state index is 13.1. The van der Waals surface area contributed by atoms with Gasteiger partial charge in [-0.3, -0.25) is 14.5 Å². The summed E-state index contributed by atoms with van der Waals surface area (Å²) < 4.78 is 19.7. The fourth-order valence-electron chi connectivity index (χ4n) is 3.14. The van der Waals surface area contributed by atoms with Crippen LogP contribution in [0.5, 0.6) is 0 Å². The van der Waals surface area contributed by atoms with Crippen LogP contribution >= 0.6 is 15.9 Å². The summed E-state index contributed by atoms with van der Waals surface area (Å²) in [6.07, 6.45) is 2.28. The summed E-state index contributed by atoms with van der Waals surface area (Å²) in [5.41, 5.74) is 1.79. The smallest absolute Gasteiger partial charge is 0.297 e. The van der Waals surface area contributed by atoms with Gasteiger partial charge in [-0.05, 0) is 35.4 Å². The fourth-order valence-corrected chi connectivity index (χ4v) is 3.41. The van der Waals surface area contributed by atoms with Crippen molar-refractivity contribution >= 4 is 33.5 Å². The highest BCUT2D eigenvalue weighted by Gasteiger charge is 2.38. The maximum atomic E-state index is 13.1. The molecule has 0 saturated heterocycles. The SMILES string of the molecule is CN1C(=O)C(=O)C(c2ncc(Cc3ccc(F)cc3)o2)N=C1Cc1ccc(Br)cc1. The van der Waals surface area contributed by atoms with Gasteiger partial charge in [0.1, 0.15) is 17.4 Å². The minimum Gasteiger partial charge on any atom is -0.442 e. The van der Waals surface area contributed by atoms with Crippen molar-refractivity contribution in [2.75, 3.05) is 7.05 Å².